The first-order valence-corrected chi connectivity index (χ1v) is 12.2. The van der Waals surface area contributed by atoms with Crippen molar-refractivity contribution in [3.8, 4) is 0 Å². The van der Waals surface area contributed by atoms with E-state index in [1.54, 1.807) is 0 Å². The molecular weight excluding hydrogens is 454 g/mol. The van der Waals surface area contributed by atoms with Gasteiger partial charge in [0.2, 0.25) is 15.9 Å². The zero-order valence-corrected chi connectivity index (χ0v) is 19.6. The molecule has 2 N–H and O–H groups in total. The number of nitrogens with zero attached hydrogens (tertiary/aromatic N) is 1. The number of amides is 1. The molecule has 0 aliphatic rings. The average Bonchev–Trinajstić information content (AvgIpc) is 3.11. The van der Waals surface area contributed by atoms with Gasteiger partial charge in [-0.25, -0.2) is 13.2 Å². The molecule has 1 atom stereocenters. The van der Waals surface area contributed by atoms with Crippen molar-refractivity contribution in [2.45, 2.75) is 30.8 Å². The van der Waals surface area contributed by atoms with Gasteiger partial charge in [0.15, 0.2) is 5.58 Å². The second-order valence-corrected chi connectivity index (χ2v) is 9.84. The highest BCUT2D eigenvalue weighted by atomic mass is 32.2. The summed E-state index contributed by atoms with van der Waals surface area (Å²) in [5.74, 6) is -1.03. The van der Waals surface area contributed by atoms with E-state index in [9.17, 15) is 18.0 Å². The second-order valence-electron chi connectivity index (χ2n) is 8.12. The minimum Gasteiger partial charge on any atom is -0.408 e. The normalized spacial score (nSPS) is 12.5. The Bertz CT molecular complexity index is 1470. The van der Waals surface area contributed by atoms with E-state index in [0.717, 1.165) is 16.7 Å². The molecule has 0 bridgehead atoms. The van der Waals surface area contributed by atoms with Crippen LogP contribution in [0.5, 0.6) is 0 Å². The molecule has 0 aliphatic heterocycles. The van der Waals surface area contributed by atoms with Crippen molar-refractivity contribution in [1.82, 2.24) is 14.6 Å². The summed E-state index contributed by atoms with van der Waals surface area (Å²) in [6.45, 7) is 2.25. The van der Waals surface area contributed by atoms with Crippen molar-refractivity contribution in [3.63, 3.8) is 0 Å². The van der Waals surface area contributed by atoms with Crippen LogP contribution in [0.25, 0.3) is 11.1 Å². The van der Waals surface area contributed by atoms with E-state index in [1.807, 2.05) is 61.5 Å². The summed E-state index contributed by atoms with van der Waals surface area (Å²) in [7, 11) is -2.55. The van der Waals surface area contributed by atoms with Crippen LogP contribution < -0.4 is 15.8 Å². The van der Waals surface area contributed by atoms with E-state index in [-0.39, 0.29) is 23.4 Å². The van der Waals surface area contributed by atoms with Crippen LogP contribution in [-0.2, 0) is 34.8 Å². The molecule has 1 aromatic heterocycles. The lowest BCUT2D eigenvalue weighted by atomic mass is 10.1. The number of sulfonamides is 1. The Morgan fingerprint density at radius 2 is 1.71 bits per heavy atom. The van der Waals surface area contributed by atoms with Crippen molar-refractivity contribution in [1.29, 1.82) is 0 Å². The smallest absolute Gasteiger partial charge is 0.408 e. The molecule has 0 spiro atoms. The van der Waals surface area contributed by atoms with E-state index in [0.29, 0.717) is 5.52 Å². The number of benzene rings is 3. The molecule has 4 aromatic rings. The summed E-state index contributed by atoms with van der Waals surface area (Å²) in [6, 6.07) is 20.0. The third-order valence-electron chi connectivity index (χ3n) is 5.56. The van der Waals surface area contributed by atoms with Gasteiger partial charge in [-0.15, -0.1) is 0 Å². The Kier molecular flexibility index (Phi) is 6.67. The first-order valence-electron chi connectivity index (χ1n) is 10.7. The van der Waals surface area contributed by atoms with Crippen LogP contribution in [0.1, 0.15) is 16.7 Å². The van der Waals surface area contributed by atoms with Crippen LogP contribution in [0.15, 0.2) is 86.9 Å². The van der Waals surface area contributed by atoms with Gasteiger partial charge in [-0.2, -0.15) is 4.72 Å². The molecule has 0 saturated heterocycles. The maximum atomic E-state index is 13.2. The number of carbonyl (C=O) groups is 1. The van der Waals surface area contributed by atoms with Gasteiger partial charge in [0.1, 0.15) is 6.04 Å². The molecule has 1 amide bonds. The Labute approximate surface area is 197 Å². The number of nitrogens with one attached hydrogen (secondary N) is 2. The quantitative estimate of drug-likeness (QED) is 0.404. The summed E-state index contributed by atoms with van der Waals surface area (Å²) in [6.07, 6.45) is 0.169. The zero-order chi connectivity index (χ0) is 24.3. The lowest BCUT2D eigenvalue weighted by molar-refractivity contribution is -0.122. The summed E-state index contributed by atoms with van der Waals surface area (Å²) >= 11 is 0. The lowest BCUT2D eigenvalue weighted by Gasteiger charge is -2.19. The molecule has 0 fully saturated rings. The fourth-order valence-corrected chi connectivity index (χ4v) is 4.80. The van der Waals surface area contributed by atoms with Crippen molar-refractivity contribution in [2.75, 3.05) is 0 Å². The molecule has 0 radical (unpaired) electrons. The summed E-state index contributed by atoms with van der Waals surface area (Å²) < 4.78 is 35.3. The van der Waals surface area contributed by atoms with Gasteiger partial charge in [0.25, 0.3) is 0 Å². The molecular formula is C25H25N3O5S. The van der Waals surface area contributed by atoms with Gasteiger partial charge in [-0.05, 0) is 36.6 Å². The Morgan fingerprint density at radius 1 is 1.00 bits per heavy atom. The molecule has 4 rings (SSSR count). The lowest BCUT2D eigenvalue weighted by Crippen LogP contribution is -2.47. The minimum atomic E-state index is -4.09. The molecule has 1 unspecified atom stereocenters. The van der Waals surface area contributed by atoms with Gasteiger partial charge in [0, 0.05) is 19.7 Å². The molecule has 9 heteroatoms. The van der Waals surface area contributed by atoms with E-state index < -0.39 is 27.7 Å². The number of fused-ring (bicyclic) bond motifs is 1. The van der Waals surface area contributed by atoms with Crippen LogP contribution in [-0.4, -0.2) is 24.9 Å². The Balaban J connectivity index is 1.58. The summed E-state index contributed by atoms with van der Waals surface area (Å²) in [5.41, 5.74) is 3.45. The third-order valence-corrected chi connectivity index (χ3v) is 7.03. The van der Waals surface area contributed by atoms with Crippen LogP contribution in [0.2, 0.25) is 0 Å². The third kappa shape index (κ3) is 5.27. The predicted molar refractivity (Wildman–Crippen MR) is 129 cm³/mol. The van der Waals surface area contributed by atoms with Crippen molar-refractivity contribution in [3.05, 3.63) is 100 Å². The van der Waals surface area contributed by atoms with Gasteiger partial charge >= 0.3 is 5.76 Å². The van der Waals surface area contributed by atoms with Gasteiger partial charge < -0.3 is 9.73 Å². The molecule has 34 heavy (non-hydrogen) atoms. The number of carbonyl (C=O) groups excluding carboxylic acids is 1. The number of oxazole rings is 1. The standard InChI is InChI=1S/C25H25N3O5S/c1-17-8-10-19(11-9-17)16-26-24(29)21(14-18-6-4-3-5-7-18)27-34(31,32)20-12-13-22-23(15-20)33-25(30)28(22)2/h3-13,15,21,27H,14,16H2,1-2H3,(H,26,29). The molecule has 3 aromatic carbocycles. The van der Waals surface area contributed by atoms with Crippen molar-refractivity contribution in [2.24, 2.45) is 7.05 Å². The molecule has 8 nitrogen and oxygen atoms in total. The summed E-state index contributed by atoms with van der Waals surface area (Å²) in [4.78, 5) is 24.7. The number of aryl methyl sites for hydroxylation is 2. The highest BCUT2D eigenvalue weighted by Gasteiger charge is 2.27. The number of hydrogen-bond acceptors (Lipinski definition) is 5. The number of rotatable bonds is 8. The average molecular weight is 480 g/mol. The van der Waals surface area contributed by atoms with Gasteiger partial charge in [0.05, 0.1) is 10.4 Å². The van der Waals surface area contributed by atoms with E-state index >= 15 is 0 Å². The van der Waals surface area contributed by atoms with E-state index in [1.165, 1.54) is 29.8 Å². The van der Waals surface area contributed by atoms with Crippen molar-refractivity contribution >= 4 is 27.0 Å². The molecule has 1 heterocycles. The maximum absolute atomic E-state index is 13.2. The second kappa shape index (κ2) is 9.66. The van der Waals surface area contributed by atoms with Crippen LogP contribution in [0, 0.1) is 6.92 Å². The number of aromatic nitrogens is 1. The fraction of sp³-hybridized carbons (Fsp3) is 0.200. The molecule has 0 aliphatic carbocycles. The van der Waals surface area contributed by atoms with Crippen LogP contribution >= 0.6 is 0 Å². The van der Waals surface area contributed by atoms with Crippen LogP contribution in [0.3, 0.4) is 0 Å². The topological polar surface area (TPSA) is 110 Å². The fourth-order valence-electron chi connectivity index (χ4n) is 3.59. The van der Waals surface area contributed by atoms with E-state index in [4.69, 9.17) is 4.42 Å². The first kappa shape index (κ1) is 23.5. The van der Waals surface area contributed by atoms with Gasteiger partial charge in [-0.1, -0.05) is 60.2 Å². The van der Waals surface area contributed by atoms with Gasteiger partial charge in [-0.3, -0.25) is 9.36 Å². The highest BCUT2D eigenvalue weighted by molar-refractivity contribution is 7.89. The van der Waals surface area contributed by atoms with E-state index in [2.05, 4.69) is 10.0 Å². The Morgan fingerprint density at radius 3 is 2.41 bits per heavy atom. The monoisotopic (exact) mass is 479 g/mol. The van der Waals surface area contributed by atoms with Crippen molar-refractivity contribution < 1.29 is 17.6 Å². The Hall–Kier alpha value is -3.69. The minimum absolute atomic E-state index is 0.0984. The maximum Gasteiger partial charge on any atom is 0.419 e. The highest BCUT2D eigenvalue weighted by Crippen LogP contribution is 2.19. The largest absolute Gasteiger partial charge is 0.419 e. The SMILES string of the molecule is Cc1ccc(CNC(=O)C(Cc2ccccc2)NS(=O)(=O)c2ccc3c(c2)oc(=O)n3C)cc1. The van der Waals surface area contributed by atoms with Crippen LogP contribution in [0.4, 0.5) is 0 Å². The molecule has 176 valence electrons. The number of hydrogen-bond donors (Lipinski definition) is 2. The summed E-state index contributed by atoms with van der Waals surface area (Å²) in [5, 5.41) is 2.82. The zero-order valence-electron chi connectivity index (χ0n) is 18.8. The predicted octanol–water partition coefficient (Wildman–Crippen LogP) is 2.65. The first-order chi connectivity index (χ1) is 16.2. The molecule has 0 saturated carbocycles.